The number of hydrogen-bond donors (Lipinski definition) is 1. The van der Waals surface area contributed by atoms with E-state index in [1.54, 1.807) is 24.3 Å². The lowest BCUT2D eigenvalue weighted by molar-refractivity contribution is -0.128. The van der Waals surface area contributed by atoms with Crippen LogP contribution < -0.4 is 10.2 Å². The summed E-state index contributed by atoms with van der Waals surface area (Å²) in [5, 5.41) is 2.97. The van der Waals surface area contributed by atoms with Crippen molar-refractivity contribution in [3.05, 3.63) is 65.5 Å². The third-order valence-corrected chi connectivity index (χ3v) is 6.70. The number of nitrogens with one attached hydrogen (secondary N) is 1. The summed E-state index contributed by atoms with van der Waals surface area (Å²) in [6, 6.07) is 13.2. The van der Waals surface area contributed by atoms with Crippen molar-refractivity contribution in [2.75, 3.05) is 11.4 Å². The topological polar surface area (TPSA) is 75.7 Å². The summed E-state index contributed by atoms with van der Waals surface area (Å²) >= 11 is 0. The van der Waals surface area contributed by atoms with E-state index in [0.717, 1.165) is 5.56 Å². The summed E-state index contributed by atoms with van der Waals surface area (Å²) in [5.41, 5.74) is 1.14. The van der Waals surface area contributed by atoms with E-state index >= 15 is 0 Å². The zero-order valence-electron chi connectivity index (χ0n) is 17.0. The molecule has 7 heteroatoms. The van der Waals surface area contributed by atoms with Gasteiger partial charge < -0.3 is 15.0 Å². The number of benzene rings is 2. The lowest BCUT2D eigenvalue weighted by Gasteiger charge is -2.36. The summed E-state index contributed by atoms with van der Waals surface area (Å²) < 4.78 is 19.8. The van der Waals surface area contributed by atoms with E-state index in [-0.39, 0.29) is 48.4 Å². The highest BCUT2D eigenvalue weighted by molar-refractivity contribution is 5.97. The minimum Gasteiger partial charge on any atom is -0.451 e. The Bertz CT molecular complexity index is 1060. The molecule has 1 N–H and O–H groups in total. The first-order valence-corrected chi connectivity index (χ1v) is 10.6. The normalized spacial score (nSPS) is 27.3. The number of esters is 1. The van der Waals surface area contributed by atoms with E-state index in [0.29, 0.717) is 31.2 Å². The summed E-state index contributed by atoms with van der Waals surface area (Å²) in [6.07, 6.45) is 2.55. The molecule has 0 radical (unpaired) electrons. The van der Waals surface area contributed by atoms with Crippen LogP contribution in [0.25, 0.3) is 0 Å². The number of anilines is 1. The molecule has 2 fully saturated rings. The fourth-order valence-corrected chi connectivity index (χ4v) is 5.09. The number of carbonyl (C=O) groups is 3. The number of hydrogen-bond acceptors (Lipinski definition) is 4. The molecule has 2 aromatic rings. The first-order valence-electron chi connectivity index (χ1n) is 10.6. The molecule has 0 aromatic heterocycles. The van der Waals surface area contributed by atoms with E-state index in [1.807, 2.05) is 18.2 Å². The Morgan fingerprint density at radius 3 is 2.55 bits per heavy atom. The smallest absolute Gasteiger partial charge is 0.339 e. The van der Waals surface area contributed by atoms with Gasteiger partial charge in [0.25, 0.3) is 0 Å². The number of ether oxygens (including phenoxy) is 1. The summed E-state index contributed by atoms with van der Waals surface area (Å²) in [7, 11) is 0. The molecular weight excluding hydrogens is 399 g/mol. The Hall–Kier alpha value is -3.22. The Morgan fingerprint density at radius 1 is 1.06 bits per heavy atom. The highest BCUT2D eigenvalue weighted by atomic mass is 19.1. The molecule has 5 rings (SSSR count). The Balaban J connectivity index is 1.21. The molecule has 2 aromatic carbocycles. The molecule has 1 spiro atoms. The number of rotatable bonds is 3. The summed E-state index contributed by atoms with van der Waals surface area (Å²) in [5.74, 6) is -1.24. The van der Waals surface area contributed by atoms with Gasteiger partial charge in [-0.05, 0) is 43.9 Å². The minimum atomic E-state index is -0.630. The Labute approximate surface area is 179 Å². The first-order chi connectivity index (χ1) is 15.0. The zero-order valence-corrected chi connectivity index (χ0v) is 17.0. The number of nitrogens with zero attached hydrogens (tertiary/aromatic N) is 1. The van der Waals surface area contributed by atoms with Crippen LogP contribution >= 0.6 is 0 Å². The van der Waals surface area contributed by atoms with E-state index in [9.17, 15) is 18.8 Å². The van der Waals surface area contributed by atoms with Crippen LogP contribution in [0.15, 0.2) is 48.5 Å². The fourth-order valence-electron chi connectivity index (χ4n) is 5.09. The van der Waals surface area contributed by atoms with Gasteiger partial charge >= 0.3 is 5.97 Å². The SMILES string of the molecule is O=C1OC2(CCC(C(=O)NC3CC(=O)N(c4ccccc4F)C3)CC2)c2ccccc21. The molecule has 1 saturated carbocycles. The van der Waals surface area contributed by atoms with E-state index in [1.165, 1.54) is 11.0 Å². The van der Waals surface area contributed by atoms with Crippen molar-refractivity contribution in [1.29, 1.82) is 0 Å². The van der Waals surface area contributed by atoms with Crippen LogP contribution in [0.1, 0.15) is 48.0 Å². The summed E-state index contributed by atoms with van der Waals surface area (Å²) in [4.78, 5) is 38.8. The molecule has 1 atom stereocenters. The molecule has 1 unspecified atom stereocenters. The minimum absolute atomic E-state index is 0.0966. The fraction of sp³-hybridized carbons (Fsp3) is 0.375. The van der Waals surface area contributed by atoms with Crippen LogP contribution in [0, 0.1) is 11.7 Å². The number of amides is 2. The van der Waals surface area contributed by atoms with Crippen LogP contribution in [0.2, 0.25) is 0 Å². The van der Waals surface area contributed by atoms with Crippen molar-refractivity contribution in [2.24, 2.45) is 5.92 Å². The van der Waals surface area contributed by atoms with Crippen LogP contribution in [0.3, 0.4) is 0 Å². The molecular formula is C24H23FN2O4. The van der Waals surface area contributed by atoms with Gasteiger partial charge in [-0.15, -0.1) is 0 Å². The van der Waals surface area contributed by atoms with E-state index in [2.05, 4.69) is 5.32 Å². The van der Waals surface area contributed by atoms with Gasteiger partial charge in [-0.3, -0.25) is 9.59 Å². The monoisotopic (exact) mass is 422 g/mol. The predicted molar refractivity (Wildman–Crippen MR) is 111 cm³/mol. The second-order valence-corrected chi connectivity index (χ2v) is 8.57. The number of fused-ring (bicyclic) bond motifs is 2. The maximum absolute atomic E-state index is 14.1. The van der Waals surface area contributed by atoms with Gasteiger partial charge in [0, 0.05) is 24.4 Å². The highest BCUT2D eigenvalue weighted by Gasteiger charge is 2.48. The predicted octanol–water partition coefficient (Wildman–Crippen LogP) is 3.30. The molecule has 2 heterocycles. The third-order valence-electron chi connectivity index (χ3n) is 6.70. The van der Waals surface area contributed by atoms with Crippen molar-refractivity contribution in [1.82, 2.24) is 5.32 Å². The molecule has 2 aliphatic heterocycles. The van der Waals surface area contributed by atoms with Crippen molar-refractivity contribution < 1.29 is 23.5 Å². The van der Waals surface area contributed by atoms with Crippen molar-refractivity contribution in [2.45, 2.75) is 43.7 Å². The first kappa shape index (κ1) is 19.7. The lowest BCUT2D eigenvalue weighted by Crippen LogP contribution is -2.43. The van der Waals surface area contributed by atoms with Crippen molar-refractivity contribution in [3.63, 3.8) is 0 Å². The number of para-hydroxylation sites is 1. The van der Waals surface area contributed by atoms with Crippen LogP contribution in [0.4, 0.5) is 10.1 Å². The Morgan fingerprint density at radius 2 is 1.77 bits per heavy atom. The second-order valence-electron chi connectivity index (χ2n) is 8.57. The van der Waals surface area contributed by atoms with Crippen LogP contribution in [-0.2, 0) is 19.9 Å². The average Bonchev–Trinajstić information content (AvgIpc) is 3.26. The molecule has 6 nitrogen and oxygen atoms in total. The number of carbonyl (C=O) groups excluding carboxylic acids is 3. The molecule has 1 aliphatic carbocycles. The maximum atomic E-state index is 14.1. The van der Waals surface area contributed by atoms with Gasteiger partial charge in [0.2, 0.25) is 11.8 Å². The van der Waals surface area contributed by atoms with Gasteiger partial charge in [-0.2, -0.15) is 0 Å². The standard InChI is InChI=1S/C24H23FN2O4/c25-19-7-3-4-8-20(19)27-14-16(13-21(27)28)26-22(29)15-9-11-24(12-10-15)18-6-2-1-5-17(18)23(30)31-24/h1-8,15-16H,9-14H2,(H,26,29). The quantitative estimate of drug-likeness (QED) is 0.770. The zero-order chi connectivity index (χ0) is 21.6. The van der Waals surface area contributed by atoms with Crippen molar-refractivity contribution >= 4 is 23.5 Å². The second kappa shape index (κ2) is 7.48. The van der Waals surface area contributed by atoms with Gasteiger partial charge in [0.15, 0.2) is 0 Å². The van der Waals surface area contributed by atoms with Crippen LogP contribution in [-0.4, -0.2) is 30.4 Å². The highest BCUT2D eigenvalue weighted by Crippen LogP contribution is 2.48. The van der Waals surface area contributed by atoms with E-state index in [4.69, 9.17) is 4.74 Å². The summed E-state index contributed by atoms with van der Waals surface area (Å²) in [6.45, 7) is 0.257. The third kappa shape index (κ3) is 3.38. The van der Waals surface area contributed by atoms with Gasteiger partial charge in [-0.25, -0.2) is 9.18 Å². The largest absolute Gasteiger partial charge is 0.451 e. The molecule has 3 aliphatic rings. The molecule has 1 saturated heterocycles. The average molecular weight is 422 g/mol. The van der Waals surface area contributed by atoms with Gasteiger partial charge in [0.1, 0.15) is 11.4 Å². The maximum Gasteiger partial charge on any atom is 0.339 e. The molecule has 160 valence electrons. The van der Waals surface area contributed by atoms with Gasteiger partial charge in [0.05, 0.1) is 17.3 Å². The Kier molecular flexibility index (Phi) is 4.76. The van der Waals surface area contributed by atoms with Crippen LogP contribution in [0.5, 0.6) is 0 Å². The molecule has 0 bridgehead atoms. The lowest BCUT2D eigenvalue weighted by atomic mass is 9.74. The molecule has 31 heavy (non-hydrogen) atoms. The van der Waals surface area contributed by atoms with Gasteiger partial charge in [-0.1, -0.05) is 30.3 Å². The molecule has 2 amide bonds. The van der Waals surface area contributed by atoms with E-state index < -0.39 is 11.4 Å². The number of halogens is 1. The van der Waals surface area contributed by atoms with Crippen molar-refractivity contribution in [3.8, 4) is 0 Å².